The van der Waals surface area contributed by atoms with Gasteiger partial charge in [0.15, 0.2) is 13.1 Å². The molecular formula is C14H29N2O+. The molecule has 100 valence electrons. The lowest BCUT2D eigenvalue weighted by atomic mass is 10.1. The van der Waals surface area contributed by atoms with Gasteiger partial charge < -0.3 is 5.11 Å². The van der Waals surface area contributed by atoms with Gasteiger partial charge in [-0.1, -0.05) is 45.4 Å². The minimum absolute atomic E-state index is 0.222. The Bertz CT molecular complexity index is 218. The van der Waals surface area contributed by atoms with Crippen LogP contribution in [0.25, 0.3) is 0 Å². The number of unbranched alkanes of at least 4 members (excludes halogenated alkanes) is 7. The van der Waals surface area contributed by atoms with Crippen molar-refractivity contribution in [2.75, 3.05) is 26.4 Å². The lowest BCUT2D eigenvalue weighted by molar-refractivity contribution is -0.849. The Balaban J connectivity index is 1.95. The summed E-state index contributed by atoms with van der Waals surface area (Å²) in [5, 5.41) is 9.40. The van der Waals surface area contributed by atoms with E-state index in [9.17, 15) is 5.11 Å². The number of aliphatic hydroxyl groups excluding tert-OH is 1. The van der Waals surface area contributed by atoms with E-state index in [4.69, 9.17) is 0 Å². The molecule has 3 heteroatoms. The summed E-state index contributed by atoms with van der Waals surface area (Å²) in [6, 6.07) is 0. The first-order valence-electron chi connectivity index (χ1n) is 7.30. The van der Waals surface area contributed by atoms with Gasteiger partial charge in [0.2, 0.25) is 0 Å². The Morgan fingerprint density at radius 3 is 2.24 bits per heavy atom. The zero-order chi connectivity index (χ0) is 12.4. The molecule has 0 spiro atoms. The molecule has 0 aromatic carbocycles. The highest BCUT2D eigenvalue weighted by Gasteiger charge is 2.27. The molecular weight excluding hydrogens is 212 g/mol. The molecule has 0 aromatic heterocycles. The van der Waals surface area contributed by atoms with Crippen molar-refractivity contribution in [3.63, 3.8) is 0 Å². The van der Waals surface area contributed by atoms with Crippen molar-refractivity contribution in [1.82, 2.24) is 0 Å². The minimum atomic E-state index is 0.222. The highest BCUT2D eigenvalue weighted by atomic mass is 16.3. The molecule has 17 heavy (non-hydrogen) atoms. The number of hydrogen-bond donors (Lipinski definition) is 1. The van der Waals surface area contributed by atoms with Gasteiger partial charge >= 0.3 is 0 Å². The fourth-order valence-corrected chi connectivity index (χ4v) is 2.45. The summed E-state index contributed by atoms with van der Waals surface area (Å²) >= 11 is 0. The van der Waals surface area contributed by atoms with Gasteiger partial charge in [0.05, 0.1) is 13.1 Å². The first-order chi connectivity index (χ1) is 8.33. The fraction of sp³-hybridized carbons (Fsp3) is 0.929. The van der Waals surface area contributed by atoms with Gasteiger partial charge in [0.25, 0.3) is 0 Å². The average molecular weight is 241 g/mol. The maximum absolute atomic E-state index is 9.40. The van der Waals surface area contributed by atoms with E-state index < -0.39 is 0 Å². The van der Waals surface area contributed by atoms with Crippen LogP contribution in [0.1, 0.15) is 58.3 Å². The molecule has 1 aliphatic heterocycles. The lowest BCUT2D eigenvalue weighted by Gasteiger charge is -2.27. The second-order valence-electron chi connectivity index (χ2n) is 5.30. The summed E-state index contributed by atoms with van der Waals surface area (Å²) in [6.07, 6.45) is 12.7. The average Bonchev–Trinajstić information content (AvgIpc) is 2.82. The van der Waals surface area contributed by atoms with Crippen LogP contribution in [0.3, 0.4) is 0 Å². The van der Waals surface area contributed by atoms with Crippen molar-refractivity contribution in [2.45, 2.75) is 58.3 Å². The maximum Gasteiger partial charge on any atom is 0.187 e. The van der Waals surface area contributed by atoms with Crippen molar-refractivity contribution in [2.24, 2.45) is 4.99 Å². The smallest absolute Gasteiger partial charge is 0.187 e. The molecule has 0 aromatic rings. The topological polar surface area (TPSA) is 32.6 Å². The summed E-state index contributed by atoms with van der Waals surface area (Å²) < 4.78 is 0.704. The summed E-state index contributed by atoms with van der Waals surface area (Å²) in [5.74, 6) is 0. The Morgan fingerprint density at radius 1 is 1.06 bits per heavy atom. The zero-order valence-corrected chi connectivity index (χ0v) is 11.4. The summed E-state index contributed by atoms with van der Waals surface area (Å²) in [4.78, 5) is 4.24. The van der Waals surface area contributed by atoms with Crippen LogP contribution in [0.15, 0.2) is 4.99 Å². The van der Waals surface area contributed by atoms with E-state index in [1.165, 1.54) is 51.4 Å². The molecule has 0 saturated heterocycles. The van der Waals surface area contributed by atoms with E-state index in [-0.39, 0.29) is 6.73 Å². The Morgan fingerprint density at radius 2 is 1.71 bits per heavy atom. The van der Waals surface area contributed by atoms with E-state index in [1.54, 1.807) is 0 Å². The number of hydrogen-bond acceptors (Lipinski definition) is 2. The fourth-order valence-electron chi connectivity index (χ4n) is 2.45. The standard InChI is InChI=1S/C14H29N2O/c1-2-3-4-5-6-7-8-9-11-16(14-17)12-10-15-13-16/h13,17H,2-12,14H2,1H3/q+1. The Labute approximate surface area is 106 Å². The first kappa shape index (κ1) is 14.7. The molecule has 1 aliphatic rings. The summed E-state index contributed by atoms with van der Waals surface area (Å²) in [6.45, 7) is 5.43. The number of rotatable bonds is 10. The van der Waals surface area contributed by atoms with Crippen molar-refractivity contribution < 1.29 is 9.59 Å². The highest BCUT2D eigenvalue weighted by molar-refractivity contribution is 5.47. The van der Waals surface area contributed by atoms with Gasteiger partial charge in [-0.2, -0.15) is 0 Å². The molecule has 0 radical (unpaired) electrons. The largest absolute Gasteiger partial charge is 0.347 e. The van der Waals surface area contributed by atoms with E-state index in [1.807, 2.05) is 6.34 Å². The van der Waals surface area contributed by atoms with Crippen LogP contribution in [0.5, 0.6) is 0 Å². The predicted octanol–water partition coefficient (Wildman–Crippen LogP) is 2.94. The summed E-state index contributed by atoms with van der Waals surface area (Å²) in [7, 11) is 0. The van der Waals surface area contributed by atoms with E-state index in [0.29, 0.717) is 4.48 Å². The molecule has 0 saturated carbocycles. The second kappa shape index (κ2) is 8.65. The molecule has 0 amide bonds. The number of nitrogens with zero attached hydrogens (tertiary/aromatic N) is 2. The monoisotopic (exact) mass is 241 g/mol. The molecule has 3 nitrogen and oxygen atoms in total. The number of quaternary nitrogens is 1. The van der Waals surface area contributed by atoms with Gasteiger partial charge in [0.1, 0.15) is 6.54 Å². The third-order valence-electron chi connectivity index (χ3n) is 3.74. The third-order valence-corrected chi connectivity index (χ3v) is 3.74. The van der Waals surface area contributed by atoms with Gasteiger partial charge in [-0.15, -0.1) is 0 Å². The van der Waals surface area contributed by atoms with Crippen LogP contribution in [0, 0.1) is 0 Å². The molecule has 1 N–H and O–H groups in total. The van der Waals surface area contributed by atoms with Gasteiger partial charge in [-0.3, -0.25) is 4.48 Å². The number of aliphatic hydroxyl groups is 1. The summed E-state index contributed by atoms with van der Waals surface area (Å²) in [5.41, 5.74) is 0. The number of aliphatic imine (C=N–C) groups is 1. The molecule has 0 aliphatic carbocycles. The van der Waals surface area contributed by atoms with Crippen LogP contribution >= 0.6 is 0 Å². The normalized spacial score (nSPS) is 23.4. The predicted molar refractivity (Wildman–Crippen MR) is 73.0 cm³/mol. The van der Waals surface area contributed by atoms with Crippen LogP contribution < -0.4 is 0 Å². The van der Waals surface area contributed by atoms with E-state index in [0.717, 1.165) is 19.6 Å². The molecule has 1 heterocycles. The molecule has 1 atom stereocenters. The van der Waals surface area contributed by atoms with Crippen LogP contribution in [-0.2, 0) is 0 Å². The molecule has 0 fully saturated rings. The lowest BCUT2D eigenvalue weighted by Crippen LogP contribution is -2.46. The van der Waals surface area contributed by atoms with Crippen molar-refractivity contribution in [3.05, 3.63) is 0 Å². The first-order valence-corrected chi connectivity index (χ1v) is 7.30. The quantitative estimate of drug-likeness (QED) is 0.463. The van der Waals surface area contributed by atoms with Gasteiger partial charge in [-0.25, -0.2) is 4.99 Å². The molecule has 1 rings (SSSR count). The van der Waals surface area contributed by atoms with Crippen molar-refractivity contribution in [1.29, 1.82) is 0 Å². The van der Waals surface area contributed by atoms with Gasteiger partial charge in [0, 0.05) is 0 Å². The maximum atomic E-state index is 9.40. The van der Waals surface area contributed by atoms with E-state index >= 15 is 0 Å². The van der Waals surface area contributed by atoms with E-state index in [2.05, 4.69) is 11.9 Å². The SMILES string of the molecule is CCCCCCCCCC[N+]1(CO)C=NCC1. The highest BCUT2D eigenvalue weighted by Crippen LogP contribution is 2.13. The van der Waals surface area contributed by atoms with Crippen LogP contribution in [0.4, 0.5) is 0 Å². The molecule has 1 unspecified atom stereocenters. The molecule has 0 bridgehead atoms. The van der Waals surface area contributed by atoms with Crippen LogP contribution in [-0.4, -0.2) is 42.3 Å². The minimum Gasteiger partial charge on any atom is -0.347 e. The van der Waals surface area contributed by atoms with Crippen LogP contribution in [0.2, 0.25) is 0 Å². The van der Waals surface area contributed by atoms with Crippen molar-refractivity contribution in [3.8, 4) is 0 Å². The van der Waals surface area contributed by atoms with Crippen molar-refractivity contribution >= 4 is 6.34 Å². The Kier molecular flexibility index (Phi) is 7.45. The second-order valence-corrected chi connectivity index (χ2v) is 5.30. The Hall–Kier alpha value is -0.410. The van der Waals surface area contributed by atoms with Gasteiger partial charge in [-0.05, 0) is 12.8 Å². The third kappa shape index (κ3) is 5.64. The zero-order valence-electron chi connectivity index (χ0n) is 11.4.